The average molecular weight is 208 g/mol. The first-order chi connectivity index (χ1) is 7.19. The van der Waals surface area contributed by atoms with Gasteiger partial charge in [-0.1, -0.05) is 0 Å². The van der Waals surface area contributed by atoms with Gasteiger partial charge in [-0.25, -0.2) is 0 Å². The number of aromatic nitrogens is 1. The second-order valence-electron chi connectivity index (χ2n) is 2.84. The van der Waals surface area contributed by atoms with Crippen LogP contribution in [0.25, 0.3) is 0 Å². The van der Waals surface area contributed by atoms with Crippen LogP contribution in [0, 0.1) is 6.92 Å². The monoisotopic (exact) mass is 208 g/mol. The van der Waals surface area contributed by atoms with E-state index < -0.39 is 5.91 Å². The zero-order valence-electron chi connectivity index (χ0n) is 8.50. The second-order valence-corrected chi connectivity index (χ2v) is 2.84. The minimum Gasteiger partial charge on any atom is -0.387 e. The van der Waals surface area contributed by atoms with E-state index in [0.717, 1.165) is 5.69 Å². The van der Waals surface area contributed by atoms with Gasteiger partial charge in [-0.3, -0.25) is 25.4 Å². The second kappa shape index (κ2) is 4.94. The highest BCUT2D eigenvalue weighted by Gasteiger charge is 2.10. The van der Waals surface area contributed by atoms with E-state index in [1.54, 1.807) is 13.1 Å². The molecule has 1 heterocycles. The Kier molecular flexibility index (Phi) is 3.61. The fourth-order valence-electron chi connectivity index (χ4n) is 1.11. The van der Waals surface area contributed by atoms with Crippen molar-refractivity contribution >= 4 is 18.0 Å². The third-order valence-corrected chi connectivity index (χ3v) is 1.80. The van der Waals surface area contributed by atoms with Gasteiger partial charge in [-0.05, 0) is 13.0 Å². The minimum atomic E-state index is -0.418. The summed E-state index contributed by atoms with van der Waals surface area (Å²) in [4.78, 5) is 25.5. The molecule has 0 radical (unpaired) electrons. The standard InChI is InChI=1S/C9H12N4O2/c1-6-3-8(10-2)7(4-11-6)9(15)13-12-5-14/h3-5H,1-2H3,(H,10,11)(H,12,14)(H,13,15). The Morgan fingerprint density at radius 2 is 2.27 bits per heavy atom. The Hall–Kier alpha value is -2.11. The van der Waals surface area contributed by atoms with Crippen LogP contribution >= 0.6 is 0 Å². The Morgan fingerprint density at radius 1 is 1.53 bits per heavy atom. The number of amides is 2. The van der Waals surface area contributed by atoms with Crippen molar-refractivity contribution in [1.82, 2.24) is 15.8 Å². The molecule has 0 atom stereocenters. The van der Waals surface area contributed by atoms with Crippen molar-refractivity contribution in [3.63, 3.8) is 0 Å². The Balaban J connectivity index is 2.92. The number of aryl methyl sites for hydroxylation is 1. The number of hydrogen-bond donors (Lipinski definition) is 3. The highest BCUT2D eigenvalue weighted by Crippen LogP contribution is 2.14. The van der Waals surface area contributed by atoms with Crippen LogP contribution in [-0.4, -0.2) is 24.3 Å². The first-order valence-electron chi connectivity index (χ1n) is 4.33. The number of nitrogens with one attached hydrogen (secondary N) is 3. The predicted octanol–water partition coefficient (Wildman–Crippen LogP) is -0.177. The summed E-state index contributed by atoms with van der Waals surface area (Å²) in [6.07, 6.45) is 1.83. The molecular weight excluding hydrogens is 196 g/mol. The molecule has 0 saturated heterocycles. The molecule has 0 aliphatic rings. The van der Waals surface area contributed by atoms with Gasteiger partial charge in [0.25, 0.3) is 5.91 Å². The summed E-state index contributed by atoms with van der Waals surface area (Å²) >= 11 is 0. The number of carbonyl (C=O) groups excluding carboxylic acids is 2. The third kappa shape index (κ3) is 2.67. The van der Waals surface area contributed by atoms with Gasteiger partial charge in [-0.2, -0.15) is 0 Å². The fraction of sp³-hybridized carbons (Fsp3) is 0.222. The summed E-state index contributed by atoms with van der Waals surface area (Å²) in [6.45, 7) is 1.83. The molecule has 0 saturated carbocycles. The molecule has 0 bridgehead atoms. The number of nitrogens with zero attached hydrogens (tertiary/aromatic N) is 1. The molecule has 0 aliphatic heterocycles. The van der Waals surface area contributed by atoms with Crippen LogP contribution in [-0.2, 0) is 4.79 Å². The summed E-state index contributed by atoms with van der Waals surface area (Å²) in [5.74, 6) is -0.418. The molecule has 0 aliphatic carbocycles. The van der Waals surface area contributed by atoms with Crippen LogP contribution in [0.1, 0.15) is 16.1 Å². The lowest BCUT2D eigenvalue weighted by molar-refractivity contribution is -0.110. The molecule has 2 amide bonds. The lowest BCUT2D eigenvalue weighted by Crippen LogP contribution is -2.36. The molecule has 0 unspecified atom stereocenters. The Labute approximate surface area is 87.1 Å². The van der Waals surface area contributed by atoms with Crippen molar-refractivity contribution in [2.24, 2.45) is 0 Å². The van der Waals surface area contributed by atoms with Gasteiger partial charge >= 0.3 is 0 Å². The predicted molar refractivity (Wildman–Crippen MR) is 55.2 cm³/mol. The summed E-state index contributed by atoms with van der Waals surface area (Å²) < 4.78 is 0. The van der Waals surface area contributed by atoms with Gasteiger partial charge in [0.2, 0.25) is 6.41 Å². The molecule has 6 heteroatoms. The number of carbonyl (C=O) groups is 2. The fourth-order valence-corrected chi connectivity index (χ4v) is 1.11. The van der Waals surface area contributed by atoms with Crippen molar-refractivity contribution in [3.8, 4) is 0 Å². The van der Waals surface area contributed by atoms with E-state index in [9.17, 15) is 9.59 Å². The van der Waals surface area contributed by atoms with Gasteiger partial charge in [-0.15, -0.1) is 0 Å². The SMILES string of the molecule is CNc1cc(C)ncc1C(=O)NNC=O. The van der Waals surface area contributed by atoms with E-state index in [1.807, 2.05) is 6.92 Å². The maximum atomic E-state index is 11.5. The van der Waals surface area contributed by atoms with Crippen LogP contribution in [0.15, 0.2) is 12.3 Å². The van der Waals surface area contributed by atoms with Crippen molar-refractivity contribution in [1.29, 1.82) is 0 Å². The lowest BCUT2D eigenvalue weighted by atomic mass is 10.2. The summed E-state index contributed by atoms with van der Waals surface area (Å²) in [5.41, 5.74) is 6.12. The quantitative estimate of drug-likeness (QED) is 0.473. The number of pyridine rings is 1. The van der Waals surface area contributed by atoms with Crippen molar-refractivity contribution in [3.05, 3.63) is 23.5 Å². The zero-order valence-corrected chi connectivity index (χ0v) is 8.50. The molecular formula is C9H12N4O2. The van der Waals surface area contributed by atoms with Gasteiger partial charge in [0, 0.05) is 18.9 Å². The van der Waals surface area contributed by atoms with Crippen molar-refractivity contribution < 1.29 is 9.59 Å². The number of rotatable bonds is 4. The maximum Gasteiger partial charge on any atom is 0.273 e. The zero-order chi connectivity index (χ0) is 11.3. The summed E-state index contributed by atoms with van der Waals surface area (Å²) in [6, 6.07) is 1.75. The van der Waals surface area contributed by atoms with E-state index in [-0.39, 0.29) is 0 Å². The van der Waals surface area contributed by atoms with Crippen molar-refractivity contribution in [2.75, 3.05) is 12.4 Å². The van der Waals surface area contributed by atoms with Crippen molar-refractivity contribution in [2.45, 2.75) is 6.92 Å². The topological polar surface area (TPSA) is 83.1 Å². The first-order valence-corrected chi connectivity index (χ1v) is 4.33. The molecule has 6 nitrogen and oxygen atoms in total. The van der Waals surface area contributed by atoms with E-state index in [0.29, 0.717) is 17.7 Å². The van der Waals surface area contributed by atoms with Crippen LogP contribution in [0.5, 0.6) is 0 Å². The molecule has 0 aromatic carbocycles. The lowest BCUT2D eigenvalue weighted by Gasteiger charge is -2.08. The molecule has 15 heavy (non-hydrogen) atoms. The molecule has 1 aromatic rings. The Bertz CT molecular complexity index is 378. The maximum absolute atomic E-state index is 11.5. The molecule has 0 spiro atoms. The molecule has 1 rings (SSSR count). The number of anilines is 1. The van der Waals surface area contributed by atoms with E-state index in [1.165, 1.54) is 6.20 Å². The molecule has 1 aromatic heterocycles. The number of hydrazine groups is 1. The highest BCUT2D eigenvalue weighted by atomic mass is 16.2. The molecule has 3 N–H and O–H groups in total. The van der Waals surface area contributed by atoms with Gasteiger partial charge < -0.3 is 5.32 Å². The third-order valence-electron chi connectivity index (χ3n) is 1.80. The van der Waals surface area contributed by atoms with E-state index >= 15 is 0 Å². The molecule has 0 fully saturated rings. The molecule has 80 valence electrons. The summed E-state index contributed by atoms with van der Waals surface area (Å²) in [7, 11) is 1.71. The summed E-state index contributed by atoms with van der Waals surface area (Å²) in [5, 5.41) is 2.88. The average Bonchev–Trinajstić information content (AvgIpc) is 2.25. The van der Waals surface area contributed by atoms with Gasteiger partial charge in [0.1, 0.15) is 0 Å². The largest absolute Gasteiger partial charge is 0.387 e. The highest BCUT2D eigenvalue weighted by molar-refractivity contribution is 5.99. The van der Waals surface area contributed by atoms with E-state index in [2.05, 4.69) is 21.2 Å². The first kappa shape index (κ1) is 11.0. The van der Waals surface area contributed by atoms with Crippen LogP contribution < -0.4 is 16.2 Å². The van der Waals surface area contributed by atoms with Gasteiger partial charge in [0.15, 0.2) is 0 Å². The normalized spacial score (nSPS) is 9.20. The van der Waals surface area contributed by atoms with E-state index in [4.69, 9.17) is 0 Å². The van der Waals surface area contributed by atoms with Gasteiger partial charge in [0.05, 0.1) is 11.3 Å². The van der Waals surface area contributed by atoms with Crippen LogP contribution in [0.4, 0.5) is 5.69 Å². The Morgan fingerprint density at radius 3 is 2.87 bits per heavy atom. The van der Waals surface area contributed by atoms with Crippen LogP contribution in [0.2, 0.25) is 0 Å². The smallest absolute Gasteiger partial charge is 0.273 e. The minimum absolute atomic E-state index is 0.373. The number of hydrogen-bond acceptors (Lipinski definition) is 4. The van der Waals surface area contributed by atoms with Crippen LogP contribution in [0.3, 0.4) is 0 Å².